The van der Waals surface area contributed by atoms with Crippen molar-refractivity contribution in [2.45, 2.75) is 5.16 Å². The number of thioether (sulfide) groups is 1. The molecule has 7 heteroatoms. The molecule has 30 heavy (non-hydrogen) atoms. The lowest BCUT2D eigenvalue weighted by molar-refractivity contribution is 0.102. The van der Waals surface area contributed by atoms with E-state index in [0.29, 0.717) is 33.1 Å². The van der Waals surface area contributed by atoms with E-state index in [-0.39, 0.29) is 17.1 Å². The minimum Gasteiger partial charge on any atom is -0.497 e. The minimum absolute atomic E-state index is 0.0559. The lowest BCUT2D eigenvalue weighted by atomic mass is 10.1. The van der Waals surface area contributed by atoms with E-state index in [4.69, 9.17) is 4.74 Å². The van der Waals surface area contributed by atoms with Gasteiger partial charge in [0, 0.05) is 11.6 Å². The molecule has 1 aromatic heterocycles. The van der Waals surface area contributed by atoms with Gasteiger partial charge in [0.2, 0.25) is 0 Å². The Hall–Kier alpha value is -3.45. The molecule has 4 aromatic rings. The normalized spacial score (nSPS) is 10.9. The average molecular weight is 420 g/mol. The number of fused-ring (bicyclic) bond motifs is 1. The van der Waals surface area contributed by atoms with Crippen molar-refractivity contribution in [2.24, 2.45) is 0 Å². The number of nitrogens with zero attached hydrogens (tertiary/aromatic N) is 2. The van der Waals surface area contributed by atoms with Crippen LogP contribution in [0.15, 0.2) is 82.7 Å². The summed E-state index contributed by atoms with van der Waals surface area (Å²) in [7, 11) is 1.55. The number of para-hydroxylation sites is 1. The number of Topliss-reactive ketones (excluding diaryl/α,β-unsaturated/α-hetero) is 1. The van der Waals surface area contributed by atoms with E-state index in [1.165, 1.54) is 28.8 Å². The lowest BCUT2D eigenvalue weighted by Gasteiger charge is -2.14. The highest BCUT2D eigenvalue weighted by Gasteiger charge is 2.16. The van der Waals surface area contributed by atoms with Gasteiger partial charge >= 0.3 is 0 Å². The predicted octanol–water partition coefficient (Wildman–Crippen LogP) is 4.51. The average Bonchev–Trinajstić information content (AvgIpc) is 2.78. The summed E-state index contributed by atoms with van der Waals surface area (Å²) >= 11 is 1.16. The SMILES string of the molecule is COc1cccc(-n2c(SCC(=O)c3ccc(F)cc3)nc3ccccc3c2=O)c1. The fraction of sp³-hybridized carbons (Fsp3) is 0.0870. The molecule has 0 saturated carbocycles. The lowest BCUT2D eigenvalue weighted by Crippen LogP contribution is -2.22. The number of carbonyl (C=O) groups is 1. The summed E-state index contributed by atoms with van der Waals surface area (Å²) in [6.45, 7) is 0. The van der Waals surface area contributed by atoms with Crippen LogP contribution < -0.4 is 10.3 Å². The molecule has 0 aliphatic carbocycles. The molecule has 0 saturated heterocycles. The zero-order valence-corrected chi connectivity index (χ0v) is 16.9. The van der Waals surface area contributed by atoms with E-state index in [1.54, 1.807) is 49.6 Å². The molecule has 0 N–H and O–H groups in total. The number of halogens is 1. The Labute approximate surface area is 176 Å². The third-order valence-corrected chi connectivity index (χ3v) is 5.49. The first-order chi connectivity index (χ1) is 14.6. The summed E-state index contributed by atoms with van der Waals surface area (Å²) in [4.78, 5) is 30.4. The fourth-order valence-corrected chi connectivity index (χ4v) is 3.94. The van der Waals surface area contributed by atoms with Crippen molar-refractivity contribution in [1.29, 1.82) is 0 Å². The number of rotatable bonds is 6. The summed E-state index contributed by atoms with van der Waals surface area (Å²) in [5, 5.41) is 0.872. The van der Waals surface area contributed by atoms with Gasteiger partial charge in [-0.1, -0.05) is 30.0 Å². The molecule has 5 nitrogen and oxygen atoms in total. The molecule has 0 fully saturated rings. The second kappa shape index (κ2) is 8.51. The summed E-state index contributed by atoms with van der Waals surface area (Å²) in [5.41, 5.74) is 1.32. The molecular formula is C23H17FN2O3S. The summed E-state index contributed by atoms with van der Waals surface area (Å²) < 4.78 is 19.9. The van der Waals surface area contributed by atoms with E-state index in [9.17, 15) is 14.0 Å². The molecule has 0 spiro atoms. The molecule has 0 aliphatic heterocycles. The molecule has 0 aliphatic rings. The van der Waals surface area contributed by atoms with E-state index in [0.717, 1.165) is 11.8 Å². The van der Waals surface area contributed by atoms with Crippen LogP contribution in [-0.2, 0) is 0 Å². The van der Waals surface area contributed by atoms with Crippen LogP contribution in [0.4, 0.5) is 4.39 Å². The number of benzene rings is 3. The highest BCUT2D eigenvalue weighted by molar-refractivity contribution is 7.99. The van der Waals surface area contributed by atoms with Gasteiger partial charge in [0.25, 0.3) is 5.56 Å². The molecule has 1 heterocycles. The van der Waals surface area contributed by atoms with Crippen molar-refractivity contribution in [3.63, 3.8) is 0 Å². The van der Waals surface area contributed by atoms with Gasteiger partial charge in [-0.05, 0) is 48.5 Å². The van der Waals surface area contributed by atoms with Crippen LogP contribution in [0.5, 0.6) is 5.75 Å². The van der Waals surface area contributed by atoms with Crippen LogP contribution in [0.2, 0.25) is 0 Å². The summed E-state index contributed by atoms with van der Waals surface area (Å²) in [5.74, 6) is 0.0770. The quantitative estimate of drug-likeness (QED) is 0.261. The number of aromatic nitrogens is 2. The van der Waals surface area contributed by atoms with Crippen LogP contribution in [0, 0.1) is 5.82 Å². The summed E-state index contributed by atoms with van der Waals surface area (Å²) in [6.07, 6.45) is 0. The molecular weight excluding hydrogens is 403 g/mol. The van der Waals surface area contributed by atoms with E-state index >= 15 is 0 Å². The maximum absolute atomic E-state index is 13.2. The number of hydrogen-bond acceptors (Lipinski definition) is 5. The second-order valence-corrected chi connectivity index (χ2v) is 7.41. The Morgan fingerprint density at radius 3 is 2.60 bits per heavy atom. The topological polar surface area (TPSA) is 61.2 Å². The van der Waals surface area contributed by atoms with Crippen molar-refractivity contribution in [3.8, 4) is 11.4 Å². The highest BCUT2D eigenvalue weighted by atomic mass is 32.2. The van der Waals surface area contributed by atoms with Crippen LogP contribution in [0.25, 0.3) is 16.6 Å². The number of ketones is 1. The van der Waals surface area contributed by atoms with Crippen LogP contribution in [0.1, 0.15) is 10.4 Å². The van der Waals surface area contributed by atoms with Crippen LogP contribution in [-0.4, -0.2) is 28.2 Å². The molecule has 150 valence electrons. The third-order valence-electron chi connectivity index (χ3n) is 4.56. The number of carbonyl (C=O) groups excluding carboxylic acids is 1. The van der Waals surface area contributed by atoms with Gasteiger partial charge in [0.05, 0.1) is 29.5 Å². The first-order valence-electron chi connectivity index (χ1n) is 9.14. The van der Waals surface area contributed by atoms with E-state index in [2.05, 4.69) is 4.98 Å². The van der Waals surface area contributed by atoms with E-state index < -0.39 is 5.82 Å². The smallest absolute Gasteiger partial charge is 0.266 e. The standard InChI is InChI=1S/C23H17FN2O3S/c1-29-18-6-4-5-17(13-18)26-22(28)19-7-2-3-8-20(19)25-23(26)30-14-21(27)15-9-11-16(24)12-10-15/h2-13H,14H2,1H3. The van der Waals surface area contributed by atoms with Crippen molar-refractivity contribution < 1.29 is 13.9 Å². The zero-order valence-electron chi connectivity index (χ0n) is 16.0. The molecule has 0 radical (unpaired) electrons. The molecule has 0 unspecified atom stereocenters. The second-order valence-electron chi connectivity index (χ2n) is 6.47. The van der Waals surface area contributed by atoms with Gasteiger partial charge < -0.3 is 4.74 Å². The van der Waals surface area contributed by atoms with Gasteiger partial charge in [-0.3, -0.25) is 14.2 Å². The zero-order chi connectivity index (χ0) is 21.1. The Balaban J connectivity index is 1.76. The monoisotopic (exact) mass is 420 g/mol. The Kier molecular flexibility index (Phi) is 5.63. The van der Waals surface area contributed by atoms with Crippen molar-refractivity contribution in [1.82, 2.24) is 9.55 Å². The van der Waals surface area contributed by atoms with Gasteiger partial charge in [-0.15, -0.1) is 0 Å². The number of methoxy groups -OCH3 is 1. The van der Waals surface area contributed by atoms with Gasteiger partial charge in [-0.25, -0.2) is 9.37 Å². The number of ether oxygens (including phenoxy) is 1. The molecule has 0 bridgehead atoms. The van der Waals surface area contributed by atoms with Gasteiger partial charge in [0.1, 0.15) is 11.6 Å². The molecule has 0 atom stereocenters. The Bertz CT molecular complexity index is 1290. The Morgan fingerprint density at radius 1 is 1.07 bits per heavy atom. The fourth-order valence-electron chi connectivity index (χ4n) is 3.04. The molecule has 0 amide bonds. The third kappa shape index (κ3) is 3.97. The van der Waals surface area contributed by atoms with Gasteiger partial charge in [-0.2, -0.15) is 0 Å². The predicted molar refractivity (Wildman–Crippen MR) is 115 cm³/mol. The van der Waals surface area contributed by atoms with Crippen molar-refractivity contribution >= 4 is 28.4 Å². The first kappa shape index (κ1) is 19.8. The van der Waals surface area contributed by atoms with Gasteiger partial charge in [0.15, 0.2) is 10.9 Å². The van der Waals surface area contributed by atoms with Crippen molar-refractivity contribution in [2.75, 3.05) is 12.9 Å². The summed E-state index contributed by atoms with van der Waals surface area (Å²) in [6, 6.07) is 19.6. The van der Waals surface area contributed by atoms with E-state index in [1.807, 2.05) is 6.07 Å². The Morgan fingerprint density at radius 2 is 1.83 bits per heavy atom. The molecule has 3 aromatic carbocycles. The van der Waals surface area contributed by atoms with Crippen molar-refractivity contribution in [3.05, 3.63) is 94.5 Å². The van der Waals surface area contributed by atoms with Crippen LogP contribution >= 0.6 is 11.8 Å². The van der Waals surface area contributed by atoms with Crippen LogP contribution in [0.3, 0.4) is 0 Å². The largest absolute Gasteiger partial charge is 0.497 e. The minimum atomic E-state index is -0.401. The first-order valence-corrected chi connectivity index (χ1v) is 10.1. The maximum atomic E-state index is 13.2. The number of hydrogen-bond donors (Lipinski definition) is 0. The molecule has 4 rings (SSSR count). The maximum Gasteiger partial charge on any atom is 0.266 e. The highest BCUT2D eigenvalue weighted by Crippen LogP contribution is 2.24.